The molecule has 0 saturated carbocycles. The number of benzene rings is 11. The maximum absolute atomic E-state index is 6.82. The molecule has 0 unspecified atom stereocenters. The maximum Gasteiger partial charge on any atom is 0.159 e. The molecule has 65 heavy (non-hydrogen) atoms. The fraction of sp³-hybridized carbons (Fsp3) is 0. The number of para-hydroxylation sites is 3. The van der Waals surface area contributed by atoms with Gasteiger partial charge in [0.05, 0.1) is 16.7 Å². The van der Waals surface area contributed by atoms with Crippen molar-refractivity contribution >= 4 is 82.4 Å². The topological polar surface area (TPSA) is 21.3 Å². The lowest BCUT2D eigenvalue weighted by molar-refractivity contribution is 0.669. The number of nitrogens with zero attached hydrogens (tertiary/aromatic N) is 2. The zero-order chi connectivity index (χ0) is 42.8. The predicted molar refractivity (Wildman–Crippen MR) is 274 cm³/mol. The van der Waals surface area contributed by atoms with E-state index < -0.39 is 0 Å². The second-order valence-corrected chi connectivity index (χ2v) is 16.9. The van der Waals surface area contributed by atoms with Crippen LogP contribution in [0, 0.1) is 0 Å². The Morgan fingerprint density at radius 1 is 0.338 bits per heavy atom. The van der Waals surface area contributed by atoms with Gasteiger partial charge in [-0.2, -0.15) is 0 Å². The van der Waals surface area contributed by atoms with Gasteiger partial charge in [0, 0.05) is 38.6 Å². The number of rotatable bonds is 7. The maximum atomic E-state index is 6.82. The first-order chi connectivity index (χ1) is 32.2. The molecule has 0 bridgehead atoms. The van der Waals surface area contributed by atoms with Crippen LogP contribution in [0.4, 0.5) is 17.1 Å². The third-order valence-electron chi connectivity index (χ3n) is 13.2. The highest BCUT2D eigenvalue weighted by atomic mass is 16.3. The Hall–Kier alpha value is -8.66. The fourth-order valence-electron chi connectivity index (χ4n) is 10.1. The number of hydrogen-bond donors (Lipinski definition) is 0. The normalized spacial score (nSPS) is 11.7. The minimum atomic E-state index is 0.861. The molecule has 0 aliphatic carbocycles. The summed E-state index contributed by atoms with van der Waals surface area (Å²) < 4.78 is 9.18. The minimum Gasteiger partial charge on any atom is -0.454 e. The lowest BCUT2D eigenvalue weighted by Gasteiger charge is -2.26. The summed E-state index contributed by atoms with van der Waals surface area (Å²) in [5.74, 6) is 0. The first kappa shape index (κ1) is 36.9. The summed E-state index contributed by atoms with van der Waals surface area (Å²) in [5.41, 5.74) is 15.5. The molecule has 13 rings (SSSR count). The molecule has 13 aromatic rings. The predicted octanol–water partition coefficient (Wildman–Crippen LogP) is 17.5. The van der Waals surface area contributed by atoms with Crippen molar-refractivity contribution < 1.29 is 4.42 Å². The van der Waals surface area contributed by atoms with Crippen LogP contribution in [-0.4, -0.2) is 4.57 Å². The molecule has 11 aromatic carbocycles. The molecule has 3 nitrogen and oxygen atoms in total. The van der Waals surface area contributed by atoms with E-state index in [0.717, 1.165) is 44.6 Å². The van der Waals surface area contributed by atoms with Crippen molar-refractivity contribution in [3.8, 4) is 39.1 Å². The van der Waals surface area contributed by atoms with E-state index in [1.165, 1.54) is 76.9 Å². The number of hydrogen-bond acceptors (Lipinski definition) is 2. The largest absolute Gasteiger partial charge is 0.454 e. The summed E-state index contributed by atoms with van der Waals surface area (Å²) >= 11 is 0. The Morgan fingerprint density at radius 2 is 0.877 bits per heavy atom. The van der Waals surface area contributed by atoms with Crippen LogP contribution in [0.3, 0.4) is 0 Å². The van der Waals surface area contributed by atoms with Crippen LogP contribution in [-0.2, 0) is 0 Å². The van der Waals surface area contributed by atoms with Gasteiger partial charge < -0.3 is 13.9 Å². The molecule has 0 aliphatic rings. The van der Waals surface area contributed by atoms with E-state index in [-0.39, 0.29) is 0 Å². The summed E-state index contributed by atoms with van der Waals surface area (Å²) in [6, 6.07) is 87.5. The number of aromatic nitrogens is 1. The SMILES string of the molecule is c1ccc(-n2c3ccccc3c3cc(-c4ccc(-c5ccc(N(c6ccc(-c7cccc8ccccc78)cc6)c6cccc7c6oc6ccc8ccccc8c67)cc5)cc4)ccc32)cc1. The molecular formula is C62H40N2O. The molecule has 2 heterocycles. The van der Waals surface area contributed by atoms with Gasteiger partial charge in [-0.15, -0.1) is 0 Å². The summed E-state index contributed by atoms with van der Waals surface area (Å²) in [4.78, 5) is 2.33. The Bertz CT molecular complexity index is 3910. The monoisotopic (exact) mass is 828 g/mol. The molecular weight excluding hydrogens is 789 g/mol. The second kappa shape index (κ2) is 15.0. The van der Waals surface area contributed by atoms with E-state index in [1.54, 1.807) is 0 Å². The lowest BCUT2D eigenvalue weighted by atomic mass is 9.97. The van der Waals surface area contributed by atoms with E-state index in [1.807, 2.05) is 0 Å². The lowest BCUT2D eigenvalue weighted by Crippen LogP contribution is -2.10. The van der Waals surface area contributed by atoms with Crippen molar-refractivity contribution in [2.24, 2.45) is 0 Å². The fourth-order valence-corrected chi connectivity index (χ4v) is 10.1. The zero-order valence-corrected chi connectivity index (χ0v) is 35.4. The summed E-state index contributed by atoms with van der Waals surface area (Å²) in [5, 5.41) is 9.62. The van der Waals surface area contributed by atoms with Gasteiger partial charge >= 0.3 is 0 Å². The second-order valence-electron chi connectivity index (χ2n) is 16.9. The van der Waals surface area contributed by atoms with E-state index >= 15 is 0 Å². The Kier molecular flexibility index (Phi) is 8.53. The van der Waals surface area contributed by atoms with Crippen LogP contribution in [0.2, 0.25) is 0 Å². The summed E-state index contributed by atoms with van der Waals surface area (Å²) in [6.07, 6.45) is 0. The standard InChI is InChI=1S/C62H40N2O/c1-2-15-48(16-3-1)64-57-22-9-8-19-54(57)56-40-47(32-38-58(56)64)43-26-24-41(25-27-43)42-28-34-49(35-29-42)63(50-36-30-46(31-37-50)52-20-10-14-44-12-4-6-17-51(44)52)59-23-11-21-55-61-53-18-7-5-13-45(53)33-39-60(61)65-62(55)59/h1-40H. The molecule has 0 N–H and O–H groups in total. The van der Waals surface area contributed by atoms with Crippen molar-refractivity contribution in [3.05, 3.63) is 243 Å². The highest BCUT2D eigenvalue weighted by Crippen LogP contribution is 2.45. The Morgan fingerprint density at radius 3 is 1.63 bits per heavy atom. The van der Waals surface area contributed by atoms with Gasteiger partial charge in [-0.05, 0) is 122 Å². The third-order valence-corrected chi connectivity index (χ3v) is 13.2. The van der Waals surface area contributed by atoms with Gasteiger partial charge in [-0.25, -0.2) is 0 Å². The summed E-state index contributed by atoms with van der Waals surface area (Å²) in [7, 11) is 0. The molecule has 0 atom stereocenters. The van der Waals surface area contributed by atoms with Crippen molar-refractivity contribution in [2.45, 2.75) is 0 Å². The minimum absolute atomic E-state index is 0.861. The van der Waals surface area contributed by atoms with Crippen LogP contribution in [0.5, 0.6) is 0 Å². The first-order valence-corrected chi connectivity index (χ1v) is 22.2. The molecule has 0 saturated heterocycles. The Labute approximate surface area is 376 Å². The molecule has 2 aromatic heterocycles. The van der Waals surface area contributed by atoms with Crippen molar-refractivity contribution in [3.63, 3.8) is 0 Å². The van der Waals surface area contributed by atoms with Crippen molar-refractivity contribution in [1.82, 2.24) is 4.57 Å². The number of anilines is 3. The Balaban J connectivity index is 0.880. The first-order valence-electron chi connectivity index (χ1n) is 22.2. The van der Waals surface area contributed by atoms with Gasteiger partial charge in [0.15, 0.2) is 5.58 Å². The molecule has 0 radical (unpaired) electrons. The van der Waals surface area contributed by atoms with Crippen LogP contribution in [0.1, 0.15) is 0 Å². The van der Waals surface area contributed by atoms with Gasteiger partial charge in [0.25, 0.3) is 0 Å². The van der Waals surface area contributed by atoms with Gasteiger partial charge in [0.1, 0.15) is 5.58 Å². The molecule has 0 spiro atoms. The van der Waals surface area contributed by atoms with Gasteiger partial charge in [-0.3, -0.25) is 0 Å². The van der Waals surface area contributed by atoms with Crippen molar-refractivity contribution in [2.75, 3.05) is 4.90 Å². The zero-order valence-electron chi connectivity index (χ0n) is 35.4. The van der Waals surface area contributed by atoms with Gasteiger partial charge in [-0.1, -0.05) is 176 Å². The molecule has 0 aliphatic heterocycles. The van der Waals surface area contributed by atoms with Gasteiger partial charge in [0.2, 0.25) is 0 Å². The molecule has 0 fully saturated rings. The quantitative estimate of drug-likeness (QED) is 0.160. The average molecular weight is 829 g/mol. The highest BCUT2D eigenvalue weighted by molar-refractivity contribution is 6.21. The van der Waals surface area contributed by atoms with Crippen LogP contribution >= 0.6 is 0 Å². The molecule has 0 amide bonds. The number of fused-ring (bicyclic) bond motifs is 9. The van der Waals surface area contributed by atoms with E-state index in [9.17, 15) is 0 Å². The molecule has 3 heteroatoms. The smallest absolute Gasteiger partial charge is 0.159 e. The van der Waals surface area contributed by atoms with E-state index in [4.69, 9.17) is 4.42 Å². The van der Waals surface area contributed by atoms with Crippen LogP contribution in [0.15, 0.2) is 247 Å². The van der Waals surface area contributed by atoms with E-state index in [0.29, 0.717) is 0 Å². The third kappa shape index (κ3) is 6.12. The van der Waals surface area contributed by atoms with Crippen LogP contribution < -0.4 is 4.90 Å². The highest BCUT2D eigenvalue weighted by Gasteiger charge is 2.21. The average Bonchev–Trinajstić information content (AvgIpc) is 3.94. The number of furan rings is 1. The molecule has 304 valence electrons. The van der Waals surface area contributed by atoms with Crippen LogP contribution in [0.25, 0.3) is 104 Å². The van der Waals surface area contributed by atoms with Crippen molar-refractivity contribution in [1.29, 1.82) is 0 Å². The summed E-state index contributed by atoms with van der Waals surface area (Å²) in [6.45, 7) is 0. The van der Waals surface area contributed by atoms with E-state index in [2.05, 4.69) is 252 Å².